The molecule has 4 nitrogen and oxygen atoms in total. The predicted octanol–water partition coefficient (Wildman–Crippen LogP) is 2.68. The molecule has 1 amide bonds. The number of ether oxygens (including phenoxy) is 2. The molecule has 0 radical (unpaired) electrons. The van der Waals surface area contributed by atoms with Gasteiger partial charge in [0.2, 0.25) is 5.91 Å². The number of amides is 1. The molecular weight excluding hydrogens is 254 g/mol. The summed E-state index contributed by atoms with van der Waals surface area (Å²) >= 11 is 0. The van der Waals surface area contributed by atoms with Gasteiger partial charge in [-0.3, -0.25) is 4.79 Å². The zero-order valence-electron chi connectivity index (χ0n) is 12.4. The van der Waals surface area contributed by atoms with E-state index in [1.165, 1.54) is 0 Å². The molecule has 2 atom stereocenters. The summed E-state index contributed by atoms with van der Waals surface area (Å²) in [5, 5.41) is 2.99. The lowest BCUT2D eigenvalue weighted by Gasteiger charge is -2.27. The van der Waals surface area contributed by atoms with Crippen molar-refractivity contribution in [2.45, 2.75) is 33.3 Å². The summed E-state index contributed by atoms with van der Waals surface area (Å²) in [6, 6.07) is 6.06. The Morgan fingerprint density at radius 1 is 1.40 bits per heavy atom. The molecule has 0 spiro atoms. The zero-order valence-corrected chi connectivity index (χ0v) is 12.4. The largest absolute Gasteiger partial charge is 0.376 e. The molecule has 110 valence electrons. The van der Waals surface area contributed by atoms with E-state index in [4.69, 9.17) is 9.47 Å². The molecule has 0 bridgehead atoms. The molecular formula is C16H23NO3. The van der Waals surface area contributed by atoms with Gasteiger partial charge in [-0.1, -0.05) is 19.1 Å². The number of hydrogen-bond donors (Lipinski definition) is 1. The SMILES string of the molecule is Cc1ccc(C)c(NC(=O)C[C@H](C)[C@@H]2COCCO2)c1. The summed E-state index contributed by atoms with van der Waals surface area (Å²) in [5.41, 5.74) is 3.11. The Balaban J connectivity index is 1.89. The summed E-state index contributed by atoms with van der Waals surface area (Å²) < 4.78 is 11.0. The number of hydrogen-bond acceptors (Lipinski definition) is 3. The Morgan fingerprint density at radius 2 is 2.20 bits per heavy atom. The summed E-state index contributed by atoms with van der Waals surface area (Å²) in [6.07, 6.45) is 0.467. The third kappa shape index (κ3) is 4.05. The van der Waals surface area contributed by atoms with Crippen LogP contribution in [-0.2, 0) is 14.3 Å². The van der Waals surface area contributed by atoms with Gasteiger partial charge >= 0.3 is 0 Å². The van der Waals surface area contributed by atoms with E-state index in [0.29, 0.717) is 26.2 Å². The average Bonchev–Trinajstić information content (AvgIpc) is 2.43. The quantitative estimate of drug-likeness (QED) is 0.920. The highest BCUT2D eigenvalue weighted by atomic mass is 16.6. The van der Waals surface area contributed by atoms with Crippen LogP contribution in [0.1, 0.15) is 24.5 Å². The minimum atomic E-state index is 0.0214. The molecule has 1 aromatic carbocycles. The fraction of sp³-hybridized carbons (Fsp3) is 0.562. The lowest BCUT2D eigenvalue weighted by molar-refractivity contribution is -0.125. The smallest absolute Gasteiger partial charge is 0.224 e. The number of anilines is 1. The maximum Gasteiger partial charge on any atom is 0.224 e. The Labute approximate surface area is 120 Å². The molecule has 1 fully saturated rings. The van der Waals surface area contributed by atoms with E-state index in [0.717, 1.165) is 16.8 Å². The van der Waals surface area contributed by atoms with Crippen molar-refractivity contribution in [2.75, 3.05) is 25.1 Å². The van der Waals surface area contributed by atoms with Crippen LogP contribution in [-0.4, -0.2) is 31.8 Å². The van der Waals surface area contributed by atoms with E-state index < -0.39 is 0 Å². The van der Waals surface area contributed by atoms with Crippen molar-refractivity contribution in [3.8, 4) is 0 Å². The Kier molecular flexibility index (Phi) is 5.15. The molecule has 2 rings (SSSR count). The highest BCUT2D eigenvalue weighted by molar-refractivity contribution is 5.91. The third-order valence-electron chi connectivity index (χ3n) is 3.65. The Hall–Kier alpha value is -1.39. The van der Waals surface area contributed by atoms with Crippen molar-refractivity contribution in [2.24, 2.45) is 5.92 Å². The highest BCUT2D eigenvalue weighted by Gasteiger charge is 2.23. The van der Waals surface area contributed by atoms with Crippen LogP contribution in [0.2, 0.25) is 0 Å². The summed E-state index contributed by atoms with van der Waals surface area (Å²) in [7, 11) is 0. The summed E-state index contributed by atoms with van der Waals surface area (Å²) in [5.74, 6) is 0.181. The molecule has 4 heteroatoms. The van der Waals surface area contributed by atoms with Crippen molar-refractivity contribution in [3.63, 3.8) is 0 Å². The van der Waals surface area contributed by atoms with Crippen LogP contribution < -0.4 is 5.32 Å². The molecule has 1 aliphatic heterocycles. The normalized spacial score (nSPS) is 20.4. The van der Waals surface area contributed by atoms with Crippen LogP contribution in [0.15, 0.2) is 18.2 Å². The summed E-state index contributed by atoms with van der Waals surface area (Å²) in [6.45, 7) is 7.90. The Morgan fingerprint density at radius 3 is 2.90 bits per heavy atom. The van der Waals surface area contributed by atoms with Crippen LogP contribution in [0, 0.1) is 19.8 Å². The van der Waals surface area contributed by atoms with Crippen LogP contribution >= 0.6 is 0 Å². The first-order valence-corrected chi connectivity index (χ1v) is 7.12. The first kappa shape index (κ1) is 15.0. The number of rotatable bonds is 4. The lowest BCUT2D eigenvalue weighted by Crippen LogP contribution is -2.35. The van der Waals surface area contributed by atoms with Gasteiger partial charge in [-0.25, -0.2) is 0 Å². The van der Waals surface area contributed by atoms with Crippen LogP contribution in [0.25, 0.3) is 0 Å². The standard InChI is InChI=1S/C16H23NO3/c1-11-4-5-12(2)14(8-11)17-16(18)9-13(3)15-10-19-6-7-20-15/h4-5,8,13,15H,6-7,9-10H2,1-3H3,(H,17,18)/t13-,15-/m0/s1. The second-order valence-electron chi connectivity index (χ2n) is 5.53. The fourth-order valence-electron chi connectivity index (χ4n) is 2.33. The second-order valence-corrected chi connectivity index (χ2v) is 5.53. The molecule has 1 saturated heterocycles. The second kappa shape index (κ2) is 6.86. The maximum absolute atomic E-state index is 12.1. The van der Waals surface area contributed by atoms with Gasteiger partial charge in [0.1, 0.15) is 0 Å². The van der Waals surface area contributed by atoms with Gasteiger partial charge in [0.05, 0.1) is 25.9 Å². The van der Waals surface area contributed by atoms with Gasteiger partial charge in [0, 0.05) is 12.1 Å². The van der Waals surface area contributed by atoms with Crippen molar-refractivity contribution < 1.29 is 14.3 Å². The minimum Gasteiger partial charge on any atom is -0.376 e. The number of aryl methyl sites for hydroxylation is 2. The fourth-order valence-corrected chi connectivity index (χ4v) is 2.33. The molecule has 1 heterocycles. The number of carbonyl (C=O) groups is 1. The van der Waals surface area contributed by atoms with E-state index in [1.807, 2.05) is 39.0 Å². The monoisotopic (exact) mass is 277 g/mol. The first-order valence-electron chi connectivity index (χ1n) is 7.12. The highest BCUT2D eigenvalue weighted by Crippen LogP contribution is 2.19. The molecule has 0 aliphatic carbocycles. The number of nitrogens with one attached hydrogen (secondary N) is 1. The van der Waals surface area contributed by atoms with Crippen molar-refractivity contribution in [3.05, 3.63) is 29.3 Å². The van der Waals surface area contributed by atoms with Gasteiger partial charge in [0.15, 0.2) is 0 Å². The summed E-state index contributed by atoms with van der Waals surface area (Å²) in [4.78, 5) is 12.1. The van der Waals surface area contributed by atoms with E-state index in [2.05, 4.69) is 5.32 Å². The predicted molar refractivity (Wildman–Crippen MR) is 78.9 cm³/mol. The van der Waals surface area contributed by atoms with Gasteiger partial charge in [-0.2, -0.15) is 0 Å². The van der Waals surface area contributed by atoms with Gasteiger partial charge < -0.3 is 14.8 Å². The van der Waals surface area contributed by atoms with Crippen molar-refractivity contribution in [1.29, 1.82) is 0 Å². The van der Waals surface area contributed by atoms with Crippen molar-refractivity contribution >= 4 is 11.6 Å². The first-order chi connectivity index (χ1) is 9.56. The average molecular weight is 277 g/mol. The molecule has 0 aromatic heterocycles. The number of benzene rings is 1. The maximum atomic E-state index is 12.1. The van der Waals surface area contributed by atoms with E-state index in [-0.39, 0.29) is 17.9 Å². The van der Waals surface area contributed by atoms with Gasteiger partial charge in [-0.15, -0.1) is 0 Å². The molecule has 0 saturated carbocycles. The molecule has 1 aliphatic rings. The topological polar surface area (TPSA) is 47.6 Å². The van der Waals surface area contributed by atoms with Crippen LogP contribution in [0.4, 0.5) is 5.69 Å². The number of carbonyl (C=O) groups excluding carboxylic acids is 1. The molecule has 1 N–H and O–H groups in total. The van der Waals surface area contributed by atoms with Gasteiger partial charge in [0.25, 0.3) is 0 Å². The van der Waals surface area contributed by atoms with E-state index in [1.54, 1.807) is 0 Å². The Bertz CT molecular complexity index is 467. The lowest BCUT2D eigenvalue weighted by atomic mass is 10.00. The molecule has 20 heavy (non-hydrogen) atoms. The van der Waals surface area contributed by atoms with E-state index in [9.17, 15) is 4.79 Å². The third-order valence-corrected chi connectivity index (χ3v) is 3.65. The zero-order chi connectivity index (χ0) is 14.5. The van der Waals surface area contributed by atoms with Crippen LogP contribution in [0.3, 0.4) is 0 Å². The molecule has 1 aromatic rings. The van der Waals surface area contributed by atoms with E-state index >= 15 is 0 Å². The van der Waals surface area contributed by atoms with Crippen molar-refractivity contribution in [1.82, 2.24) is 0 Å². The molecule has 0 unspecified atom stereocenters. The van der Waals surface area contributed by atoms with Crippen LogP contribution in [0.5, 0.6) is 0 Å². The minimum absolute atomic E-state index is 0.0214. The van der Waals surface area contributed by atoms with Gasteiger partial charge in [-0.05, 0) is 37.0 Å².